The molecular formula is C96H128CuN8Si8. The van der Waals surface area contributed by atoms with Crippen LogP contribution in [0.2, 0.25) is 145 Å². The molecule has 2 aliphatic rings. The van der Waals surface area contributed by atoms with Gasteiger partial charge in [-0.05, 0) is 110 Å². The fraction of sp³-hybridized carbons (Fsp3) is 0.500. The van der Waals surface area contributed by atoms with Crippen LogP contribution in [0.15, 0.2) is 48.5 Å². The van der Waals surface area contributed by atoms with Crippen LogP contribution in [0.25, 0.3) is 89.7 Å². The molecule has 8 nitrogen and oxygen atoms in total. The molecule has 4 aromatic carbocycles. The van der Waals surface area contributed by atoms with Crippen molar-refractivity contribution in [1.82, 2.24) is 39.9 Å². The van der Waals surface area contributed by atoms with Crippen LogP contribution < -0.4 is 9.97 Å². The Bertz CT molecular complexity index is 5100. The van der Waals surface area contributed by atoms with Crippen molar-refractivity contribution in [3.8, 4) is 137 Å². The first-order chi connectivity index (χ1) is 50.5. The van der Waals surface area contributed by atoms with Crippen LogP contribution in [0.5, 0.6) is 0 Å². The fourth-order valence-electron chi connectivity index (χ4n) is 9.96. The van der Waals surface area contributed by atoms with Gasteiger partial charge in [0.1, 0.15) is 64.6 Å². The quantitative estimate of drug-likeness (QED) is 0.109. The van der Waals surface area contributed by atoms with Gasteiger partial charge in [0, 0.05) is 89.4 Å². The van der Waals surface area contributed by atoms with E-state index in [1.807, 2.05) is 0 Å². The van der Waals surface area contributed by atoms with E-state index in [1.165, 1.54) is 0 Å². The van der Waals surface area contributed by atoms with Gasteiger partial charge in [0.25, 0.3) is 0 Å². The first-order valence-electron chi connectivity index (χ1n) is 40.2. The first kappa shape index (κ1) is 91.5. The van der Waals surface area contributed by atoms with Crippen molar-refractivity contribution in [2.75, 3.05) is 0 Å². The fourth-order valence-corrected chi connectivity index (χ4v) is 16.5. The molecule has 0 unspecified atom stereocenters. The molecule has 5 heterocycles. The van der Waals surface area contributed by atoms with Crippen LogP contribution in [-0.4, -0.2) is 94.5 Å². The molecule has 0 amide bonds. The molecule has 0 fully saturated rings. The number of benzene rings is 4. The Morgan fingerprint density at radius 2 is 0.327 bits per heavy atom. The summed E-state index contributed by atoms with van der Waals surface area (Å²) in [5.74, 6) is 32.0. The predicted molar refractivity (Wildman–Crippen MR) is 507 cm³/mol. The van der Waals surface area contributed by atoms with Crippen molar-refractivity contribution in [3.63, 3.8) is 0 Å². The summed E-state index contributed by atoms with van der Waals surface area (Å²) in [7, 11) is -17.5. The number of fused-ring (bicyclic) bond motifs is 20. The van der Waals surface area contributed by atoms with Crippen LogP contribution in [0, 0.1) is 91.7 Å². The van der Waals surface area contributed by atoms with Gasteiger partial charge >= 0.3 is 17.1 Å². The normalized spacial score (nSPS) is 13.4. The summed E-state index contributed by atoms with van der Waals surface area (Å²) in [6.07, 6.45) is 0. The van der Waals surface area contributed by atoms with E-state index in [9.17, 15) is 0 Å². The molecule has 1 radical (unpaired) electrons. The van der Waals surface area contributed by atoms with E-state index in [0.29, 0.717) is 45.9 Å². The maximum atomic E-state index is 5.73. The molecule has 9 rings (SSSR count). The summed E-state index contributed by atoms with van der Waals surface area (Å²) < 4.78 is 0. The van der Waals surface area contributed by atoms with Crippen LogP contribution in [-0.2, 0) is 17.1 Å². The molecule has 3 aromatic heterocycles. The average Bonchev–Trinajstić information content (AvgIpc) is 1.60. The van der Waals surface area contributed by atoms with Gasteiger partial charge in [-0.3, -0.25) is 0 Å². The number of hydrogen-bond donors (Lipinski definition) is 0. The second-order valence-electron chi connectivity index (χ2n) is 44.3. The van der Waals surface area contributed by atoms with Gasteiger partial charge in [-0.1, -0.05) is 318 Å². The van der Waals surface area contributed by atoms with Gasteiger partial charge < -0.3 is 29.9 Å². The summed E-state index contributed by atoms with van der Waals surface area (Å²) in [5, 5.41) is 2.96. The third kappa shape index (κ3) is 19.2. The van der Waals surface area contributed by atoms with Crippen molar-refractivity contribution < 1.29 is 17.1 Å². The number of rotatable bonds is 0. The Morgan fingerprint density at radius 3 is 0.451 bits per heavy atom. The largest absolute Gasteiger partial charge is 2.00 e. The van der Waals surface area contributed by atoms with Crippen molar-refractivity contribution in [1.29, 1.82) is 0 Å². The van der Waals surface area contributed by atoms with Gasteiger partial charge in [0.15, 0.2) is 0 Å². The van der Waals surface area contributed by atoms with Gasteiger partial charge in [-0.15, -0.1) is 44.3 Å². The second kappa shape index (κ2) is 30.5. The maximum Gasteiger partial charge on any atom is 2.00 e. The minimum Gasteiger partial charge on any atom is -0.357 e. The summed E-state index contributed by atoms with van der Waals surface area (Å²) >= 11 is 0. The van der Waals surface area contributed by atoms with Crippen LogP contribution in [0.4, 0.5) is 0 Å². The van der Waals surface area contributed by atoms with Gasteiger partial charge in [0.2, 0.25) is 0 Å². The first-order valence-corrected chi connectivity index (χ1v) is 64.2. The Hall–Kier alpha value is -7.03. The average molecular weight is 1680 g/mol. The Kier molecular flexibility index (Phi) is 24.7. The van der Waals surface area contributed by atoms with Crippen molar-refractivity contribution >= 4 is 109 Å². The van der Waals surface area contributed by atoms with Gasteiger partial charge in [-0.2, -0.15) is 0 Å². The van der Waals surface area contributed by atoms with E-state index in [1.54, 1.807) is 0 Å². The number of aromatic nitrogens is 8. The van der Waals surface area contributed by atoms with E-state index >= 15 is 0 Å². The monoisotopic (exact) mass is 1680 g/mol. The Labute approximate surface area is 701 Å². The van der Waals surface area contributed by atoms with Crippen LogP contribution >= 0.6 is 0 Å². The molecule has 8 bridgehead atoms. The molecule has 7 aromatic rings. The minimum atomic E-state index is -2.19. The maximum absolute atomic E-state index is 5.73. The van der Waals surface area contributed by atoms with E-state index < -0.39 is 64.6 Å². The number of hydrogen-bond acceptors (Lipinski definition) is 6. The Morgan fingerprint density at radius 1 is 0.204 bits per heavy atom. The SMILES string of the molecule is CC(C)(C)[Si](C)(C)C#Cc1cc2c(cc1C#C[Si](C)(C)C(C)(C)C)-c1nc-2nc2[n-]c(nc3nc(nc4[n-]c(n1)c1cc(C#C[Si](C)(C)C(C)(C)C)c(C#C[Si](C)(C)C(C)(C)C)cc41)-c1cc(C#C[Si](C)(C)C(C)(C)C)c(C#C[Si](C)(C)C(C)(C)C)cc1-3)c1cc(C#C[Si](C)(C)C(C)(C)C)c(C#C[Si](C)(C)C(C)(C)C)cc21.[Cu+2]. The molecular weight excluding hydrogens is 1550 g/mol. The molecule has 0 atom stereocenters. The smallest absolute Gasteiger partial charge is 0.357 e. The van der Waals surface area contributed by atoms with Crippen molar-refractivity contribution in [2.24, 2.45) is 0 Å². The van der Waals surface area contributed by atoms with Crippen molar-refractivity contribution in [2.45, 2.75) is 311 Å². The molecule has 0 saturated heterocycles. The molecule has 17 heteroatoms. The molecule has 113 heavy (non-hydrogen) atoms. The van der Waals surface area contributed by atoms with Crippen LogP contribution in [0.1, 0.15) is 211 Å². The predicted octanol–water partition coefficient (Wildman–Crippen LogP) is 25.3. The van der Waals surface area contributed by atoms with E-state index in [2.05, 4.69) is 411 Å². The molecule has 0 N–H and O–H groups in total. The Balaban J connectivity index is 0.0000160. The summed E-state index contributed by atoms with van der Waals surface area (Å²) in [6.45, 7) is 93.1. The second-order valence-corrected chi connectivity index (χ2v) is 84.3. The topological polar surface area (TPSA) is 106 Å². The van der Waals surface area contributed by atoms with Crippen LogP contribution in [0.3, 0.4) is 0 Å². The molecule has 2 aliphatic heterocycles. The van der Waals surface area contributed by atoms with E-state index in [-0.39, 0.29) is 57.4 Å². The summed E-state index contributed by atoms with van der Waals surface area (Å²) in [4.78, 5) is 45.4. The zero-order chi connectivity index (χ0) is 84.5. The minimum absolute atomic E-state index is 0. The van der Waals surface area contributed by atoms with Crippen molar-refractivity contribution in [3.05, 3.63) is 93.0 Å². The van der Waals surface area contributed by atoms with E-state index in [4.69, 9.17) is 39.9 Å². The van der Waals surface area contributed by atoms with Gasteiger partial charge in [-0.25, -0.2) is 9.97 Å². The zero-order valence-corrected chi connectivity index (χ0v) is 85.4. The molecule has 595 valence electrons. The molecule has 0 aliphatic carbocycles. The van der Waals surface area contributed by atoms with E-state index in [0.717, 1.165) is 88.3 Å². The number of nitrogens with zero attached hydrogens (tertiary/aromatic N) is 8. The van der Waals surface area contributed by atoms with Gasteiger partial charge in [0.05, 0.1) is 23.3 Å². The third-order valence-electron chi connectivity index (χ3n) is 27.3. The standard InChI is InChI=1S/C96H128N8Si8.Cu/c1-89(2,3)105(25,26)49-41-65-57-73-74(58-66(65)42-50-106(27,28)90(4,5)6)82-97-81(73)101-83-75-59-67(43-51-107(29,30)91(7,8)9)68(44-52-108(31,32)92(10,11)12)60-76(75)85(98-83)103-87-79-63-71(47-55-111(37,38)95(19,20)21)72(48-56-112(39,40)96(22,23)24)64-80(79)88(100-87)104-86-78-62-70(46-54-110(35,36)94(16,17)18)69(61-77(78)84(99-86)102-82)45-53-109(33,34)93(13,14)15;/h57-64H,1-40H3;/q-2;+2. The molecule has 0 spiro atoms. The zero-order valence-electron chi connectivity index (χ0n) is 76.5. The summed E-state index contributed by atoms with van der Waals surface area (Å²) in [5.41, 5.74) is 42.3. The molecule has 0 saturated carbocycles. The third-order valence-corrected chi connectivity index (χ3v) is 63.3. The summed E-state index contributed by atoms with van der Waals surface area (Å²) in [6, 6.07) is 17.2.